The number of rotatable bonds is 3. The fraction of sp³-hybridized carbons (Fsp3) is 0.909. The normalized spacial score (nSPS) is 21.7. The highest BCUT2D eigenvalue weighted by Gasteiger charge is 2.40. The molecule has 1 unspecified atom stereocenters. The molecule has 1 fully saturated rings. The van der Waals surface area contributed by atoms with E-state index in [0.717, 1.165) is 19.3 Å². The lowest BCUT2D eigenvalue weighted by atomic mass is 9.76. The van der Waals surface area contributed by atoms with Crippen LogP contribution in [0.1, 0.15) is 40.0 Å². The summed E-state index contributed by atoms with van der Waals surface area (Å²) < 4.78 is 0. The number of carbonyl (C=O) groups is 1. The fourth-order valence-electron chi connectivity index (χ4n) is 1.66. The van der Waals surface area contributed by atoms with E-state index in [0.29, 0.717) is 0 Å². The van der Waals surface area contributed by atoms with Gasteiger partial charge in [0.25, 0.3) is 0 Å². The Kier molecular flexibility index (Phi) is 3.41. The quantitative estimate of drug-likeness (QED) is 0.636. The molecule has 0 aromatic rings. The number of aliphatic hydroxyl groups is 1. The molecule has 0 saturated heterocycles. The molecule has 0 radical (unpaired) electrons. The molecule has 1 aliphatic rings. The molecule has 4 N–H and O–H groups in total. The molecule has 0 aromatic heterocycles. The Bertz CT molecular complexity index is 236. The number of aliphatic hydroxyl groups excluding tert-OH is 1. The second kappa shape index (κ2) is 4.10. The first-order chi connectivity index (χ1) is 6.81. The van der Waals surface area contributed by atoms with Crippen molar-refractivity contribution in [3.05, 3.63) is 0 Å². The second-order valence-corrected chi connectivity index (χ2v) is 5.62. The maximum absolute atomic E-state index is 11.8. The lowest BCUT2D eigenvalue weighted by Crippen LogP contribution is -2.61. The SMILES string of the molecule is CC(C)(C)C(N)C(=O)NC1(CO)CCC1. The summed E-state index contributed by atoms with van der Waals surface area (Å²) in [6.07, 6.45) is 2.77. The third-order valence-corrected chi connectivity index (χ3v) is 3.22. The first-order valence-electron chi connectivity index (χ1n) is 5.49. The van der Waals surface area contributed by atoms with Gasteiger partial charge in [-0.1, -0.05) is 20.8 Å². The van der Waals surface area contributed by atoms with Gasteiger partial charge in [-0.2, -0.15) is 0 Å². The zero-order valence-corrected chi connectivity index (χ0v) is 9.84. The van der Waals surface area contributed by atoms with E-state index >= 15 is 0 Å². The van der Waals surface area contributed by atoms with E-state index in [1.807, 2.05) is 20.8 Å². The van der Waals surface area contributed by atoms with Crippen LogP contribution < -0.4 is 11.1 Å². The summed E-state index contributed by atoms with van der Waals surface area (Å²) in [5.41, 5.74) is 5.21. The van der Waals surface area contributed by atoms with Gasteiger partial charge in [0.1, 0.15) is 0 Å². The summed E-state index contributed by atoms with van der Waals surface area (Å²) in [7, 11) is 0. The minimum absolute atomic E-state index is 0.00953. The zero-order chi connectivity index (χ0) is 11.7. The number of nitrogens with one attached hydrogen (secondary N) is 1. The molecule has 0 heterocycles. The molecule has 1 saturated carbocycles. The molecule has 0 bridgehead atoms. The molecule has 1 atom stereocenters. The molecule has 0 spiro atoms. The highest BCUT2D eigenvalue weighted by molar-refractivity contribution is 5.83. The Morgan fingerprint density at radius 1 is 1.53 bits per heavy atom. The van der Waals surface area contributed by atoms with Crippen LogP contribution in [-0.2, 0) is 4.79 Å². The number of amides is 1. The van der Waals surface area contributed by atoms with Crippen molar-refractivity contribution >= 4 is 5.91 Å². The second-order valence-electron chi connectivity index (χ2n) is 5.62. The molecule has 0 aliphatic heterocycles. The van der Waals surface area contributed by atoms with E-state index < -0.39 is 6.04 Å². The van der Waals surface area contributed by atoms with E-state index in [4.69, 9.17) is 5.73 Å². The predicted molar refractivity (Wildman–Crippen MR) is 59.2 cm³/mol. The minimum atomic E-state index is -0.526. The Labute approximate surface area is 91.2 Å². The van der Waals surface area contributed by atoms with Crippen LogP contribution in [0.15, 0.2) is 0 Å². The van der Waals surface area contributed by atoms with Crippen LogP contribution in [0.3, 0.4) is 0 Å². The molecule has 0 aromatic carbocycles. The topological polar surface area (TPSA) is 75.4 Å². The molecule has 1 aliphatic carbocycles. The summed E-state index contributed by atoms with van der Waals surface area (Å²) in [6, 6.07) is -0.526. The zero-order valence-electron chi connectivity index (χ0n) is 9.84. The smallest absolute Gasteiger partial charge is 0.237 e. The number of hydrogen-bond donors (Lipinski definition) is 3. The van der Waals surface area contributed by atoms with Crippen LogP contribution >= 0.6 is 0 Å². The molecule has 88 valence electrons. The van der Waals surface area contributed by atoms with E-state index in [1.54, 1.807) is 0 Å². The predicted octanol–water partition coefficient (Wildman–Crippen LogP) is 0.391. The highest BCUT2D eigenvalue weighted by atomic mass is 16.3. The van der Waals surface area contributed by atoms with Gasteiger partial charge in [0.05, 0.1) is 18.2 Å². The van der Waals surface area contributed by atoms with Crippen molar-refractivity contribution in [3.63, 3.8) is 0 Å². The van der Waals surface area contributed by atoms with Crippen LogP contribution in [0.2, 0.25) is 0 Å². The van der Waals surface area contributed by atoms with E-state index in [2.05, 4.69) is 5.32 Å². The fourth-order valence-corrected chi connectivity index (χ4v) is 1.66. The summed E-state index contributed by atoms with van der Waals surface area (Å²) in [5, 5.41) is 12.1. The maximum Gasteiger partial charge on any atom is 0.237 e. The van der Waals surface area contributed by atoms with Crippen molar-refractivity contribution in [3.8, 4) is 0 Å². The standard InChI is InChI=1S/C11H22N2O2/c1-10(2,3)8(12)9(15)13-11(7-14)5-4-6-11/h8,14H,4-7,12H2,1-3H3,(H,13,15). The van der Waals surface area contributed by atoms with Crippen molar-refractivity contribution in [2.75, 3.05) is 6.61 Å². The van der Waals surface area contributed by atoms with Crippen molar-refractivity contribution in [2.45, 2.75) is 51.6 Å². The Morgan fingerprint density at radius 2 is 2.07 bits per heavy atom. The number of carbonyl (C=O) groups excluding carboxylic acids is 1. The average Bonchev–Trinajstić information content (AvgIpc) is 2.08. The molecular weight excluding hydrogens is 192 g/mol. The molecular formula is C11H22N2O2. The largest absolute Gasteiger partial charge is 0.394 e. The highest BCUT2D eigenvalue weighted by Crippen LogP contribution is 2.31. The van der Waals surface area contributed by atoms with Gasteiger partial charge in [0, 0.05) is 0 Å². The van der Waals surface area contributed by atoms with Gasteiger partial charge in [-0.25, -0.2) is 0 Å². The summed E-state index contributed by atoms with van der Waals surface area (Å²) in [4.78, 5) is 11.8. The monoisotopic (exact) mass is 214 g/mol. The molecule has 1 rings (SSSR count). The van der Waals surface area contributed by atoms with E-state index in [1.165, 1.54) is 0 Å². The Hall–Kier alpha value is -0.610. The summed E-state index contributed by atoms with van der Waals surface area (Å²) in [6.45, 7) is 5.81. The van der Waals surface area contributed by atoms with Gasteiger partial charge >= 0.3 is 0 Å². The minimum Gasteiger partial charge on any atom is -0.394 e. The van der Waals surface area contributed by atoms with Gasteiger partial charge < -0.3 is 16.2 Å². The lowest BCUT2D eigenvalue weighted by Gasteiger charge is -2.42. The molecule has 15 heavy (non-hydrogen) atoms. The van der Waals surface area contributed by atoms with Crippen molar-refractivity contribution in [1.82, 2.24) is 5.32 Å². The first-order valence-corrected chi connectivity index (χ1v) is 5.49. The van der Waals surface area contributed by atoms with Gasteiger partial charge in [-0.05, 0) is 24.7 Å². The average molecular weight is 214 g/mol. The van der Waals surface area contributed by atoms with Crippen LogP contribution in [0.25, 0.3) is 0 Å². The molecule has 1 amide bonds. The van der Waals surface area contributed by atoms with Crippen molar-refractivity contribution in [2.24, 2.45) is 11.1 Å². The Balaban J connectivity index is 2.55. The van der Waals surface area contributed by atoms with Crippen LogP contribution in [0, 0.1) is 5.41 Å². The third-order valence-electron chi connectivity index (χ3n) is 3.22. The van der Waals surface area contributed by atoms with Gasteiger partial charge in [-0.3, -0.25) is 4.79 Å². The van der Waals surface area contributed by atoms with Crippen molar-refractivity contribution in [1.29, 1.82) is 0 Å². The van der Waals surface area contributed by atoms with Gasteiger partial charge in [-0.15, -0.1) is 0 Å². The van der Waals surface area contributed by atoms with Crippen LogP contribution in [-0.4, -0.2) is 29.2 Å². The van der Waals surface area contributed by atoms with Gasteiger partial charge in [0.15, 0.2) is 0 Å². The maximum atomic E-state index is 11.8. The molecule has 4 heteroatoms. The van der Waals surface area contributed by atoms with Crippen LogP contribution in [0.5, 0.6) is 0 Å². The van der Waals surface area contributed by atoms with Gasteiger partial charge in [0.2, 0.25) is 5.91 Å². The Morgan fingerprint density at radius 3 is 2.33 bits per heavy atom. The van der Waals surface area contributed by atoms with Crippen LogP contribution in [0.4, 0.5) is 0 Å². The molecule has 4 nitrogen and oxygen atoms in total. The summed E-state index contributed by atoms with van der Waals surface area (Å²) in [5.74, 6) is -0.156. The number of nitrogens with two attached hydrogens (primary N) is 1. The van der Waals surface area contributed by atoms with E-state index in [-0.39, 0.29) is 23.5 Å². The van der Waals surface area contributed by atoms with E-state index in [9.17, 15) is 9.90 Å². The lowest BCUT2D eigenvalue weighted by molar-refractivity contribution is -0.128. The number of hydrogen-bond acceptors (Lipinski definition) is 3. The van der Waals surface area contributed by atoms with Crippen molar-refractivity contribution < 1.29 is 9.90 Å². The summed E-state index contributed by atoms with van der Waals surface area (Å²) >= 11 is 0. The first kappa shape index (κ1) is 12.5. The third kappa shape index (κ3) is 2.69.